The molecule has 10 N–H and O–H groups in total. The zero-order valence-corrected chi connectivity index (χ0v) is 91.8. The smallest absolute Gasteiger partial charge is 0.211 e. The quantitative estimate of drug-likeness (QED) is 0.0794. The molecule has 2 saturated carbocycles. The Bertz CT molecular complexity index is 6890. The lowest BCUT2D eigenvalue weighted by Gasteiger charge is -2.42. The maximum absolute atomic E-state index is 6.52. The first kappa shape index (κ1) is 104. The summed E-state index contributed by atoms with van der Waals surface area (Å²) < 4.78 is 27.9. The third-order valence-corrected chi connectivity index (χ3v) is 38.3. The molecule has 0 amide bonds. The molecule has 10 aliphatic rings. The number of rotatable bonds is 10. The number of anilines is 5. The van der Waals surface area contributed by atoms with Crippen LogP contribution in [0.4, 0.5) is 29.7 Å². The predicted molar refractivity (Wildman–Crippen MR) is 597 cm³/mol. The molecule has 8 atom stereocenters. The zero-order valence-electron chi connectivity index (χ0n) is 84.3. The SMILES string of the molecule is Cc1nc(N2CCC3(CC2)CO[C@@H](C)[C@H]3N)n2ccnc2c1-c1cccc(Cl)c1Cl.Cc1nc(N2CCC3(CC2)CO[C@@H](C)[C@H]3N)n2ccnc2c1-c1cccc(Cl)c1Cl.Cc1nc(N2CCC3(CC2)CO[C@@H](C)[C@H]3N)n2ccnc2c1-c1cccc(Cl)c1Cl.Cc1nc(N2CCC3(CCC[C@H]3N)CC2)n2ccnc2c1-c1cccc(Cl)c1Cl.Cc1nc(N2CCC3(CCC[C@H]3N)CC2)n2ccnc2c1-c1ccnc(Cl)c1Cl. The summed E-state index contributed by atoms with van der Waals surface area (Å²) >= 11 is 63.8. The van der Waals surface area contributed by atoms with Crippen molar-refractivity contribution in [1.29, 1.82) is 0 Å². The molecule has 4 aromatic carbocycles. The molecular weight excluding hydrogens is 2080 g/mol. The Kier molecular flexibility index (Phi) is 29.8. The highest BCUT2D eigenvalue weighted by Gasteiger charge is 2.53. The number of nitrogens with zero attached hydrogens (tertiary/aromatic N) is 21. The molecule has 0 radical (unpaired) electrons. The molecule has 25 rings (SSSR count). The van der Waals surface area contributed by atoms with E-state index in [9.17, 15) is 0 Å². The molecule has 19 heterocycles. The first-order valence-electron chi connectivity index (χ1n) is 51.4. The van der Waals surface area contributed by atoms with Crippen LogP contribution in [0.5, 0.6) is 0 Å². The van der Waals surface area contributed by atoms with Crippen LogP contribution in [0, 0.1) is 61.7 Å². The van der Waals surface area contributed by atoms with E-state index < -0.39 is 0 Å². The summed E-state index contributed by atoms with van der Waals surface area (Å²) in [6.45, 7) is 27.7. The first-order valence-corrected chi connectivity index (χ1v) is 55.2. The number of aryl methyl sites for hydroxylation is 5. The number of benzene rings is 4. The normalized spacial score (nSPS) is 22.7. The van der Waals surface area contributed by atoms with Crippen LogP contribution in [0.25, 0.3) is 83.9 Å². The van der Waals surface area contributed by atoms with E-state index in [4.69, 9.17) is 184 Å². The minimum Gasteiger partial charge on any atom is -0.376 e. The average molecular weight is 2200 g/mol. The largest absolute Gasteiger partial charge is 0.376 e. The fraction of sp³-hybridized carbons (Fsp3) is 0.459. The fourth-order valence-corrected chi connectivity index (χ4v) is 27.1. The molecule has 11 aromatic heterocycles. The molecule has 29 nitrogen and oxygen atoms in total. The van der Waals surface area contributed by atoms with Gasteiger partial charge in [-0.3, -0.25) is 22.0 Å². The van der Waals surface area contributed by atoms with Crippen molar-refractivity contribution in [2.24, 2.45) is 55.7 Å². The van der Waals surface area contributed by atoms with Gasteiger partial charge in [0, 0.05) is 236 Å². The molecule has 778 valence electrons. The van der Waals surface area contributed by atoms with Crippen molar-refractivity contribution in [3.05, 3.63) is 226 Å². The number of hydrogen-bond acceptors (Lipinski definition) is 24. The molecule has 8 aliphatic heterocycles. The Morgan fingerprint density at radius 1 is 0.277 bits per heavy atom. The molecular formula is C109H124Cl10N26O3. The van der Waals surface area contributed by atoms with Crippen LogP contribution in [0.15, 0.2) is 147 Å². The Balaban J connectivity index is 0.000000108. The van der Waals surface area contributed by atoms with Crippen molar-refractivity contribution in [2.75, 3.05) is 110 Å². The van der Waals surface area contributed by atoms with E-state index in [1.54, 1.807) is 55.2 Å². The van der Waals surface area contributed by atoms with Gasteiger partial charge in [0.1, 0.15) is 33.4 Å². The molecule has 0 unspecified atom stereocenters. The Hall–Kier alpha value is -9.29. The monoisotopic (exact) mass is 2190 g/mol. The number of aromatic nitrogens is 16. The highest BCUT2D eigenvalue weighted by molar-refractivity contribution is 6.46. The minimum absolute atomic E-state index is 0.0767. The topological polar surface area (TPSA) is 338 Å². The third kappa shape index (κ3) is 18.9. The number of nitrogens with two attached hydrogens (primary N) is 5. The van der Waals surface area contributed by atoms with Crippen molar-refractivity contribution >= 4 is 174 Å². The lowest BCUT2D eigenvalue weighted by atomic mass is 9.73. The minimum atomic E-state index is 0.0767. The highest BCUT2D eigenvalue weighted by Crippen LogP contribution is 2.53. The van der Waals surface area contributed by atoms with Gasteiger partial charge in [-0.1, -0.05) is 177 Å². The number of fused-ring (bicyclic) bond motifs is 5. The number of ether oxygens (including phenoxy) is 3. The van der Waals surface area contributed by atoms with Crippen molar-refractivity contribution in [3.8, 4) is 55.6 Å². The van der Waals surface area contributed by atoms with E-state index in [2.05, 4.69) is 84.0 Å². The predicted octanol–water partition coefficient (Wildman–Crippen LogP) is 22.6. The molecule has 2 aliphatic carbocycles. The van der Waals surface area contributed by atoms with Gasteiger partial charge in [-0.2, -0.15) is 0 Å². The van der Waals surface area contributed by atoms with E-state index in [-0.39, 0.29) is 57.8 Å². The van der Waals surface area contributed by atoms with Crippen LogP contribution in [-0.2, 0) is 14.2 Å². The summed E-state index contributed by atoms with van der Waals surface area (Å²) in [5.74, 6) is 4.57. The lowest BCUT2D eigenvalue weighted by molar-refractivity contribution is 0.0972. The number of piperidine rings is 5. The van der Waals surface area contributed by atoms with Gasteiger partial charge in [0.25, 0.3) is 0 Å². The van der Waals surface area contributed by atoms with E-state index >= 15 is 0 Å². The molecule has 5 spiro atoms. The van der Waals surface area contributed by atoms with Crippen molar-refractivity contribution in [3.63, 3.8) is 0 Å². The van der Waals surface area contributed by atoms with Crippen LogP contribution in [0.2, 0.25) is 50.4 Å². The highest BCUT2D eigenvalue weighted by atomic mass is 35.5. The second kappa shape index (κ2) is 42.3. The number of pyridine rings is 1. The van der Waals surface area contributed by atoms with E-state index in [0.29, 0.717) is 68.1 Å². The molecule has 148 heavy (non-hydrogen) atoms. The average Bonchev–Trinajstić information content (AvgIpc) is 1.53. The number of imidazole rings is 5. The van der Waals surface area contributed by atoms with Gasteiger partial charge in [0.05, 0.1) is 112 Å². The Morgan fingerprint density at radius 3 is 0.709 bits per heavy atom. The molecule has 0 bridgehead atoms. The maximum atomic E-state index is 6.52. The van der Waals surface area contributed by atoms with Gasteiger partial charge in [-0.05, 0) is 186 Å². The standard InChI is InChI=1S/3C22H25Cl2N5O.C22H25Cl2N5.C21H24Cl2N6/c3*1-13-17(15-4-3-5-16(23)18(15)24)20-26-8-11-29(20)21(27-13)28-9-6-22(7-10-28)12-30-14(2)19(22)25;1-14-18(15-4-2-5-16(23)19(15)24)20-26-10-13-29(20)21(27-14)28-11-8-22(9-12-28)7-3-6-17(22)25;1-13-16(14-4-8-25-18(23)17(14)22)19-26-9-12-29(19)20(27-13)28-10-6-21(7-11-28)5-2-3-15(21)24/h3*3-5,8,11,14,19H,6-7,9-10,12,25H2,1-2H3;2,4-5,10,13,17H,3,6-9,11-12,25H2,1H3;4,8-9,12,15H,2-3,5-7,10-11,24H2,1H3/t3*14-,19+;17-;15-/m00011/s1. The summed E-state index contributed by atoms with van der Waals surface area (Å²) in [6.07, 6.45) is 38.7. The van der Waals surface area contributed by atoms with Gasteiger partial charge in [0.15, 0.2) is 0 Å². The molecule has 39 heteroatoms. The number of hydrogen-bond donors (Lipinski definition) is 5. The van der Waals surface area contributed by atoms with Crippen molar-refractivity contribution < 1.29 is 14.2 Å². The van der Waals surface area contributed by atoms with Crippen LogP contribution >= 0.6 is 116 Å². The molecule has 10 fully saturated rings. The van der Waals surface area contributed by atoms with E-state index in [1.807, 2.05) is 140 Å². The van der Waals surface area contributed by atoms with Gasteiger partial charge in [-0.15, -0.1) is 0 Å². The summed E-state index contributed by atoms with van der Waals surface area (Å²) in [7, 11) is 0. The van der Waals surface area contributed by atoms with Gasteiger partial charge >= 0.3 is 0 Å². The summed E-state index contributed by atoms with van der Waals surface area (Å²) in [4.78, 5) is 63.8. The summed E-state index contributed by atoms with van der Waals surface area (Å²) in [6, 6.07) is 25.4. The summed E-state index contributed by atoms with van der Waals surface area (Å²) in [5.41, 5.74) is 50.6. The molecule has 15 aromatic rings. The van der Waals surface area contributed by atoms with Crippen LogP contribution < -0.4 is 53.2 Å². The van der Waals surface area contributed by atoms with Gasteiger partial charge in [-0.25, -0.2) is 54.8 Å². The fourth-order valence-electron chi connectivity index (χ4n) is 25.2. The molecule has 8 saturated heterocycles. The van der Waals surface area contributed by atoms with Crippen LogP contribution in [-0.4, -0.2) is 211 Å². The Morgan fingerprint density at radius 2 is 0.500 bits per heavy atom. The van der Waals surface area contributed by atoms with Crippen LogP contribution in [0.3, 0.4) is 0 Å². The van der Waals surface area contributed by atoms with E-state index in [0.717, 1.165) is 304 Å². The zero-order chi connectivity index (χ0) is 103. The third-order valence-electron chi connectivity index (χ3n) is 34.2. The van der Waals surface area contributed by atoms with Crippen LogP contribution in [0.1, 0.15) is 152 Å². The van der Waals surface area contributed by atoms with Crippen molar-refractivity contribution in [1.82, 2.24) is 76.8 Å². The lowest BCUT2D eigenvalue weighted by Crippen LogP contribution is -2.51. The van der Waals surface area contributed by atoms with Crippen molar-refractivity contribution in [2.45, 2.75) is 207 Å². The second-order valence-electron chi connectivity index (χ2n) is 42.2. The second-order valence-corrected chi connectivity index (χ2v) is 46.1. The van der Waals surface area contributed by atoms with Gasteiger partial charge in [0.2, 0.25) is 29.7 Å². The first-order chi connectivity index (χ1) is 71.2. The number of halogens is 10. The van der Waals surface area contributed by atoms with Gasteiger partial charge < -0.3 is 67.4 Å². The maximum Gasteiger partial charge on any atom is 0.211 e. The summed E-state index contributed by atoms with van der Waals surface area (Å²) in [5, 5.41) is 4.90. The Labute approximate surface area is 911 Å². The van der Waals surface area contributed by atoms with E-state index in [1.165, 1.54) is 25.7 Å².